The number of carbonyl (C=O) groups is 1. The van der Waals surface area contributed by atoms with Crippen LogP contribution < -0.4 is 14.5 Å². The van der Waals surface area contributed by atoms with E-state index in [1.54, 1.807) is 12.4 Å². The Morgan fingerprint density at radius 3 is 1.95 bits per heavy atom. The van der Waals surface area contributed by atoms with E-state index in [1.807, 2.05) is 98.7 Å². The van der Waals surface area contributed by atoms with Gasteiger partial charge in [0.2, 0.25) is 0 Å². The van der Waals surface area contributed by atoms with Crippen molar-refractivity contribution in [1.29, 1.82) is 0 Å². The lowest BCUT2D eigenvalue weighted by molar-refractivity contribution is -0.131. The highest BCUT2D eigenvalue weighted by molar-refractivity contribution is 5.75. The van der Waals surface area contributed by atoms with Gasteiger partial charge in [-0.1, -0.05) is 24.3 Å². The van der Waals surface area contributed by atoms with Crippen molar-refractivity contribution in [1.82, 2.24) is 9.97 Å². The molecule has 188 valence electrons. The number of pyridine rings is 2. The number of azo groups is 1. The number of aromatic nitrogens is 2. The number of esters is 1. The Hall–Kier alpha value is -4.59. The van der Waals surface area contributed by atoms with Crippen LogP contribution in [-0.2, 0) is 17.9 Å². The van der Waals surface area contributed by atoms with Crippen molar-refractivity contribution in [2.45, 2.75) is 26.9 Å². The van der Waals surface area contributed by atoms with Crippen LogP contribution in [0.15, 0.2) is 95.4 Å². The Bertz CT molecular complexity index is 1380. The van der Waals surface area contributed by atoms with Crippen LogP contribution >= 0.6 is 0 Å². The van der Waals surface area contributed by atoms with Crippen LogP contribution in [0.25, 0.3) is 0 Å². The monoisotopic (exact) mass is 494 g/mol. The molecule has 0 atom stereocenters. The quantitative estimate of drug-likeness (QED) is 0.152. The van der Waals surface area contributed by atoms with Gasteiger partial charge in [0.1, 0.15) is 17.1 Å². The molecular formula is C29H30N6O2. The zero-order valence-corrected chi connectivity index (χ0v) is 21.5. The summed E-state index contributed by atoms with van der Waals surface area (Å²) in [5, 5.41) is 9.28. The number of aryl methyl sites for hydroxylation is 1. The largest absolute Gasteiger partial charge is 0.426 e. The van der Waals surface area contributed by atoms with Gasteiger partial charge in [-0.2, -0.15) is 0 Å². The van der Waals surface area contributed by atoms with Crippen molar-refractivity contribution in [3.8, 4) is 5.75 Å². The molecular weight excluding hydrogens is 464 g/mol. The number of ether oxygens (including phenoxy) is 1. The van der Waals surface area contributed by atoms with Crippen molar-refractivity contribution in [3.05, 3.63) is 102 Å². The molecule has 0 aliphatic carbocycles. The van der Waals surface area contributed by atoms with Gasteiger partial charge in [-0.05, 0) is 55.0 Å². The predicted molar refractivity (Wildman–Crippen MR) is 146 cm³/mol. The van der Waals surface area contributed by atoms with Gasteiger partial charge in [0.25, 0.3) is 0 Å². The summed E-state index contributed by atoms with van der Waals surface area (Å²) in [6.07, 6.45) is 3.56. The predicted octanol–water partition coefficient (Wildman–Crippen LogP) is 6.40. The number of para-hydroxylation sites is 1. The fraction of sp³-hybridized carbons (Fsp3) is 0.207. The molecule has 0 aliphatic heterocycles. The van der Waals surface area contributed by atoms with Gasteiger partial charge in [0, 0.05) is 39.5 Å². The summed E-state index contributed by atoms with van der Waals surface area (Å²) in [4.78, 5) is 24.6. The summed E-state index contributed by atoms with van der Waals surface area (Å²) in [6.45, 7) is 4.47. The molecule has 2 aromatic heterocycles. The van der Waals surface area contributed by atoms with Crippen LogP contribution in [0.5, 0.6) is 5.75 Å². The van der Waals surface area contributed by atoms with E-state index in [0.717, 1.165) is 34.0 Å². The molecule has 0 unspecified atom stereocenters. The number of nitrogens with zero attached hydrogens (tertiary/aromatic N) is 6. The van der Waals surface area contributed by atoms with Crippen molar-refractivity contribution in [3.63, 3.8) is 0 Å². The second-order valence-electron chi connectivity index (χ2n) is 8.74. The van der Waals surface area contributed by atoms with Crippen molar-refractivity contribution in [2.75, 3.05) is 23.9 Å². The summed E-state index contributed by atoms with van der Waals surface area (Å²) < 4.78 is 5.44. The molecule has 2 heterocycles. The summed E-state index contributed by atoms with van der Waals surface area (Å²) in [7, 11) is 3.96. The van der Waals surface area contributed by atoms with E-state index in [4.69, 9.17) is 4.74 Å². The topological polar surface area (TPSA) is 83.3 Å². The number of benzene rings is 2. The maximum absolute atomic E-state index is 11.7. The molecule has 0 N–H and O–H groups in total. The van der Waals surface area contributed by atoms with E-state index in [-0.39, 0.29) is 5.97 Å². The zero-order chi connectivity index (χ0) is 26.2. The molecule has 37 heavy (non-hydrogen) atoms. The first-order chi connectivity index (χ1) is 17.9. The average molecular weight is 495 g/mol. The normalized spacial score (nSPS) is 10.9. The lowest BCUT2D eigenvalue weighted by Crippen LogP contribution is -2.18. The lowest BCUT2D eigenvalue weighted by Gasteiger charge is -2.22. The second kappa shape index (κ2) is 11.9. The molecule has 8 nitrogen and oxygen atoms in total. The molecule has 0 saturated heterocycles. The first-order valence-electron chi connectivity index (χ1n) is 12.0. The second-order valence-corrected chi connectivity index (χ2v) is 8.74. The van der Waals surface area contributed by atoms with Crippen LogP contribution in [0.2, 0.25) is 0 Å². The van der Waals surface area contributed by atoms with E-state index < -0.39 is 0 Å². The fourth-order valence-electron chi connectivity index (χ4n) is 3.93. The molecule has 0 fully saturated rings. The van der Waals surface area contributed by atoms with Gasteiger partial charge in [-0.25, -0.2) is 0 Å². The van der Waals surface area contributed by atoms with E-state index >= 15 is 0 Å². The van der Waals surface area contributed by atoms with Crippen LogP contribution in [0, 0.1) is 6.92 Å². The Labute approximate surface area is 217 Å². The molecule has 4 rings (SSSR count). The summed E-state index contributed by atoms with van der Waals surface area (Å²) in [5.41, 5.74) is 5.77. The molecule has 0 saturated carbocycles. The first-order valence-corrected chi connectivity index (χ1v) is 12.0. The van der Waals surface area contributed by atoms with Gasteiger partial charge in [-0.15, -0.1) is 10.2 Å². The van der Waals surface area contributed by atoms with E-state index in [1.165, 1.54) is 6.92 Å². The van der Waals surface area contributed by atoms with Gasteiger partial charge in [0.15, 0.2) is 0 Å². The van der Waals surface area contributed by atoms with Gasteiger partial charge < -0.3 is 14.5 Å². The highest BCUT2D eigenvalue weighted by Crippen LogP contribution is 2.38. The third-order valence-corrected chi connectivity index (χ3v) is 5.75. The van der Waals surface area contributed by atoms with Crippen molar-refractivity contribution < 1.29 is 9.53 Å². The van der Waals surface area contributed by atoms with E-state index in [0.29, 0.717) is 24.5 Å². The zero-order valence-electron chi connectivity index (χ0n) is 21.5. The number of hydrogen-bond donors (Lipinski definition) is 0. The number of rotatable bonds is 9. The third kappa shape index (κ3) is 6.76. The highest BCUT2D eigenvalue weighted by Gasteiger charge is 2.15. The minimum absolute atomic E-state index is 0.374. The molecule has 8 heteroatoms. The minimum atomic E-state index is -0.374. The van der Waals surface area contributed by atoms with Crippen molar-refractivity contribution >= 4 is 28.7 Å². The molecule has 0 radical (unpaired) electrons. The Morgan fingerprint density at radius 1 is 0.784 bits per heavy atom. The summed E-state index contributed by atoms with van der Waals surface area (Å²) in [6, 6.07) is 23.3. The molecule has 2 aromatic carbocycles. The molecule has 0 spiro atoms. The molecule has 0 aliphatic rings. The first kappa shape index (κ1) is 25.5. The summed E-state index contributed by atoms with van der Waals surface area (Å²) >= 11 is 0. The van der Waals surface area contributed by atoms with E-state index in [2.05, 4.69) is 25.1 Å². The maximum atomic E-state index is 11.7. The average Bonchev–Trinajstić information content (AvgIpc) is 2.89. The number of hydrogen-bond acceptors (Lipinski definition) is 8. The van der Waals surface area contributed by atoms with Crippen LogP contribution in [0.1, 0.15) is 23.9 Å². The Kier molecular flexibility index (Phi) is 8.20. The van der Waals surface area contributed by atoms with Crippen molar-refractivity contribution in [2.24, 2.45) is 10.2 Å². The smallest absolute Gasteiger partial charge is 0.308 e. The van der Waals surface area contributed by atoms with E-state index in [9.17, 15) is 4.79 Å². The van der Waals surface area contributed by atoms with Gasteiger partial charge >= 0.3 is 5.97 Å². The third-order valence-electron chi connectivity index (χ3n) is 5.75. The Morgan fingerprint density at radius 2 is 1.35 bits per heavy atom. The molecule has 0 bridgehead atoms. The maximum Gasteiger partial charge on any atom is 0.308 e. The van der Waals surface area contributed by atoms with Crippen LogP contribution in [-0.4, -0.2) is 30.0 Å². The fourth-order valence-corrected chi connectivity index (χ4v) is 3.93. The number of carbonyl (C=O) groups excluding carboxylic acids is 1. The van der Waals surface area contributed by atoms with Gasteiger partial charge in [-0.3, -0.25) is 14.8 Å². The van der Waals surface area contributed by atoms with Gasteiger partial charge in [0.05, 0.1) is 35.9 Å². The Balaban J connectivity index is 1.67. The SMILES string of the molecule is CC(=O)Oc1cc(N(C)Cc2ccccn2)c(N=Nc2ccccc2N(C)Cc2ccccn2)cc1C. The summed E-state index contributed by atoms with van der Waals surface area (Å²) in [5.74, 6) is 0.116. The van der Waals surface area contributed by atoms with Crippen LogP contribution in [0.3, 0.4) is 0 Å². The number of anilines is 2. The molecule has 4 aromatic rings. The molecule has 0 amide bonds. The van der Waals surface area contributed by atoms with Crippen LogP contribution in [0.4, 0.5) is 22.7 Å². The highest BCUT2D eigenvalue weighted by atomic mass is 16.5. The minimum Gasteiger partial charge on any atom is -0.426 e. The standard InChI is InChI=1S/C29H30N6O2/c1-21-17-26(28(18-29(21)37-22(2)36)35(4)20-24-12-8-10-16-31-24)33-32-25-13-5-6-14-27(25)34(3)19-23-11-7-9-15-30-23/h5-18H,19-20H2,1-4H3. The lowest BCUT2D eigenvalue weighted by atomic mass is 10.1.